The molecule has 5 nitrogen and oxygen atoms in total. The summed E-state index contributed by atoms with van der Waals surface area (Å²) in [6.45, 7) is 0. The van der Waals surface area contributed by atoms with Gasteiger partial charge in [0.05, 0.1) is 11.3 Å². The SMILES string of the molecule is O=C(Nc1cccc(F)c1)c1ccnc(Nc2ccccc2C(F)(F)F)n1. The van der Waals surface area contributed by atoms with Gasteiger partial charge in [0.2, 0.25) is 5.95 Å². The fourth-order valence-electron chi connectivity index (χ4n) is 2.27. The lowest BCUT2D eigenvalue weighted by Gasteiger charge is -2.13. The molecule has 3 rings (SSSR count). The summed E-state index contributed by atoms with van der Waals surface area (Å²) in [5.41, 5.74) is -1.01. The van der Waals surface area contributed by atoms with Crippen LogP contribution in [0.4, 0.5) is 34.9 Å². The van der Waals surface area contributed by atoms with Crippen LogP contribution in [-0.4, -0.2) is 15.9 Å². The van der Waals surface area contributed by atoms with Crippen LogP contribution in [0.5, 0.6) is 0 Å². The number of benzene rings is 2. The van der Waals surface area contributed by atoms with Gasteiger partial charge in [-0.2, -0.15) is 13.2 Å². The summed E-state index contributed by atoms with van der Waals surface area (Å²) in [6, 6.07) is 11.4. The predicted octanol–water partition coefficient (Wildman–Crippen LogP) is 4.63. The number of rotatable bonds is 4. The van der Waals surface area contributed by atoms with E-state index in [1.165, 1.54) is 48.7 Å². The first kappa shape index (κ1) is 18.3. The number of para-hydroxylation sites is 1. The van der Waals surface area contributed by atoms with Gasteiger partial charge in [-0.3, -0.25) is 4.79 Å². The number of carbonyl (C=O) groups excluding carboxylic acids is 1. The van der Waals surface area contributed by atoms with Crippen LogP contribution < -0.4 is 10.6 Å². The Bertz CT molecular complexity index is 975. The van der Waals surface area contributed by atoms with Crippen LogP contribution >= 0.6 is 0 Å². The summed E-state index contributed by atoms with van der Waals surface area (Å²) in [7, 11) is 0. The number of hydrogen-bond donors (Lipinski definition) is 2. The van der Waals surface area contributed by atoms with Crippen molar-refractivity contribution >= 4 is 23.2 Å². The maximum Gasteiger partial charge on any atom is 0.418 e. The number of halogens is 4. The number of hydrogen-bond acceptors (Lipinski definition) is 4. The molecule has 0 aliphatic carbocycles. The molecule has 0 saturated carbocycles. The summed E-state index contributed by atoms with van der Waals surface area (Å²) in [4.78, 5) is 20.0. The molecule has 0 fully saturated rings. The van der Waals surface area contributed by atoms with Crippen molar-refractivity contribution in [3.05, 3.63) is 77.9 Å². The maximum atomic E-state index is 13.2. The standard InChI is InChI=1S/C18H12F4N4O/c19-11-4-3-5-12(10-11)24-16(27)15-8-9-23-17(26-15)25-14-7-2-1-6-13(14)18(20,21)22/h1-10H,(H,24,27)(H,23,25,26). The number of alkyl halides is 3. The van der Waals surface area contributed by atoms with Gasteiger partial charge < -0.3 is 10.6 Å². The fourth-order valence-corrected chi connectivity index (χ4v) is 2.27. The highest BCUT2D eigenvalue weighted by atomic mass is 19.4. The second kappa shape index (κ2) is 7.40. The molecule has 138 valence electrons. The average molecular weight is 376 g/mol. The third kappa shape index (κ3) is 4.57. The molecule has 1 aromatic heterocycles. The van der Waals surface area contributed by atoms with Crippen molar-refractivity contribution in [2.24, 2.45) is 0 Å². The van der Waals surface area contributed by atoms with Crippen molar-refractivity contribution in [1.29, 1.82) is 0 Å². The van der Waals surface area contributed by atoms with E-state index in [-0.39, 0.29) is 23.0 Å². The third-order valence-electron chi connectivity index (χ3n) is 3.45. The molecule has 27 heavy (non-hydrogen) atoms. The summed E-state index contributed by atoms with van der Waals surface area (Å²) in [5.74, 6) is -1.37. The van der Waals surface area contributed by atoms with Crippen LogP contribution in [0.15, 0.2) is 60.8 Å². The topological polar surface area (TPSA) is 66.9 Å². The Morgan fingerprint density at radius 2 is 1.78 bits per heavy atom. The lowest BCUT2D eigenvalue weighted by atomic mass is 10.1. The average Bonchev–Trinajstić information content (AvgIpc) is 2.61. The van der Waals surface area contributed by atoms with Crippen molar-refractivity contribution in [2.75, 3.05) is 10.6 Å². The maximum absolute atomic E-state index is 13.2. The van der Waals surface area contributed by atoms with Crippen molar-refractivity contribution in [3.8, 4) is 0 Å². The first-order valence-electron chi connectivity index (χ1n) is 7.66. The van der Waals surface area contributed by atoms with Crippen LogP contribution in [-0.2, 0) is 6.18 Å². The third-order valence-corrected chi connectivity index (χ3v) is 3.45. The predicted molar refractivity (Wildman–Crippen MR) is 91.1 cm³/mol. The minimum Gasteiger partial charge on any atom is -0.324 e. The molecule has 0 saturated heterocycles. The quantitative estimate of drug-likeness (QED) is 0.652. The van der Waals surface area contributed by atoms with Crippen LogP contribution in [0.1, 0.15) is 16.1 Å². The smallest absolute Gasteiger partial charge is 0.324 e. The van der Waals surface area contributed by atoms with Gasteiger partial charge >= 0.3 is 6.18 Å². The van der Waals surface area contributed by atoms with Crippen molar-refractivity contribution < 1.29 is 22.4 Å². The highest BCUT2D eigenvalue weighted by molar-refractivity contribution is 6.03. The molecule has 0 radical (unpaired) electrons. The van der Waals surface area contributed by atoms with E-state index in [1.807, 2.05) is 0 Å². The van der Waals surface area contributed by atoms with E-state index < -0.39 is 23.5 Å². The Kier molecular flexibility index (Phi) is 5.02. The zero-order chi connectivity index (χ0) is 19.4. The number of carbonyl (C=O) groups is 1. The molecule has 3 aromatic rings. The Morgan fingerprint density at radius 3 is 2.52 bits per heavy atom. The molecule has 0 aliphatic heterocycles. The van der Waals surface area contributed by atoms with E-state index in [9.17, 15) is 22.4 Å². The first-order chi connectivity index (χ1) is 12.8. The Hall–Kier alpha value is -3.49. The molecule has 9 heteroatoms. The van der Waals surface area contributed by atoms with Crippen LogP contribution in [0.2, 0.25) is 0 Å². The van der Waals surface area contributed by atoms with Gasteiger partial charge in [0.1, 0.15) is 11.5 Å². The Labute approximate surface area is 151 Å². The van der Waals surface area contributed by atoms with Gasteiger partial charge in [-0.15, -0.1) is 0 Å². The van der Waals surface area contributed by atoms with Gasteiger partial charge in [0.15, 0.2) is 0 Å². The monoisotopic (exact) mass is 376 g/mol. The van der Waals surface area contributed by atoms with Crippen molar-refractivity contribution in [2.45, 2.75) is 6.18 Å². The summed E-state index contributed by atoms with van der Waals surface area (Å²) in [5, 5.41) is 4.91. The fraction of sp³-hybridized carbons (Fsp3) is 0.0556. The van der Waals surface area contributed by atoms with Crippen molar-refractivity contribution in [3.63, 3.8) is 0 Å². The van der Waals surface area contributed by atoms with Crippen LogP contribution in [0.3, 0.4) is 0 Å². The molecule has 2 N–H and O–H groups in total. The van der Waals surface area contributed by atoms with Crippen LogP contribution in [0.25, 0.3) is 0 Å². The van der Waals surface area contributed by atoms with Crippen LogP contribution in [0, 0.1) is 5.82 Å². The molecular formula is C18H12F4N4O. The summed E-state index contributed by atoms with van der Waals surface area (Å²) < 4.78 is 52.4. The minimum absolute atomic E-state index is 0.0961. The van der Waals surface area contributed by atoms with E-state index >= 15 is 0 Å². The second-order valence-corrected chi connectivity index (χ2v) is 5.40. The number of amides is 1. The lowest BCUT2D eigenvalue weighted by molar-refractivity contribution is -0.136. The van der Waals surface area contributed by atoms with Gasteiger partial charge in [-0.25, -0.2) is 14.4 Å². The molecule has 0 bridgehead atoms. The molecule has 1 amide bonds. The zero-order valence-corrected chi connectivity index (χ0v) is 13.6. The van der Waals surface area contributed by atoms with Gasteiger partial charge in [0, 0.05) is 11.9 Å². The summed E-state index contributed by atoms with van der Waals surface area (Å²) in [6.07, 6.45) is -3.33. The number of anilines is 3. The highest BCUT2D eigenvalue weighted by Gasteiger charge is 2.33. The second-order valence-electron chi connectivity index (χ2n) is 5.40. The first-order valence-corrected chi connectivity index (χ1v) is 7.66. The molecular weight excluding hydrogens is 364 g/mol. The van der Waals surface area contributed by atoms with E-state index in [1.54, 1.807) is 0 Å². The normalized spacial score (nSPS) is 11.1. The van der Waals surface area contributed by atoms with Gasteiger partial charge in [-0.05, 0) is 36.4 Å². The largest absolute Gasteiger partial charge is 0.418 e. The molecule has 1 heterocycles. The number of aromatic nitrogens is 2. The van der Waals surface area contributed by atoms with Gasteiger partial charge in [0.25, 0.3) is 5.91 Å². The van der Waals surface area contributed by atoms with E-state index in [2.05, 4.69) is 20.6 Å². The Balaban J connectivity index is 1.81. The zero-order valence-electron chi connectivity index (χ0n) is 13.6. The van der Waals surface area contributed by atoms with Crippen molar-refractivity contribution in [1.82, 2.24) is 9.97 Å². The molecule has 0 aliphatic rings. The molecule has 0 spiro atoms. The molecule has 0 atom stereocenters. The molecule has 2 aromatic carbocycles. The van der Waals surface area contributed by atoms with Gasteiger partial charge in [-0.1, -0.05) is 18.2 Å². The molecule has 0 unspecified atom stereocenters. The van der Waals surface area contributed by atoms with E-state index in [4.69, 9.17) is 0 Å². The summed E-state index contributed by atoms with van der Waals surface area (Å²) >= 11 is 0. The van der Waals surface area contributed by atoms with E-state index in [0.717, 1.165) is 12.1 Å². The minimum atomic E-state index is -4.56. The lowest BCUT2D eigenvalue weighted by Crippen LogP contribution is -2.15. The Morgan fingerprint density at radius 1 is 1.00 bits per heavy atom. The van der Waals surface area contributed by atoms with E-state index in [0.29, 0.717) is 0 Å². The highest BCUT2D eigenvalue weighted by Crippen LogP contribution is 2.35. The number of nitrogens with one attached hydrogen (secondary N) is 2. The number of nitrogens with zero attached hydrogens (tertiary/aromatic N) is 2.